The fourth-order valence-corrected chi connectivity index (χ4v) is 2.11. The Bertz CT molecular complexity index is 632. The number of nitrogens with zero attached hydrogens (tertiary/aromatic N) is 1. The number of rotatable bonds is 7. The normalized spacial score (nSPS) is 11.4. The maximum Gasteiger partial charge on any atom is 0.253 e. The molecular formula is C16H20N2O4. The monoisotopic (exact) mass is 304 g/mol. The third-order valence-electron chi connectivity index (χ3n) is 3.37. The van der Waals surface area contributed by atoms with Gasteiger partial charge in [0.05, 0.1) is 20.3 Å². The first-order chi connectivity index (χ1) is 10.4. The first kappa shape index (κ1) is 16.0. The van der Waals surface area contributed by atoms with Crippen molar-refractivity contribution in [2.45, 2.75) is 25.9 Å². The summed E-state index contributed by atoms with van der Waals surface area (Å²) >= 11 is 0. The Balaban J connectivity index is 1.97. The second kappa shape index (κ2) is 6.62. The molecule has 1 amide bonds. The number of aromatic nitrogens is 1. The molecule has 0 atom stereocenters. The van der Waals surface area contributed by atoms with Crippen molar-refractivity contribution in [2.24, 2.45) is 5.73 Å². The van der Waals surface area contributed by atoms with E-state index < -0.39 is 11.3 Å². The predicted molar refractivity (Wildman–Crippen MR) is 80.7 cm³/mol. The van der Waals surface area contributed by atoms with Crippen molar-refractivity contribution in [3.8, 4) is 5.75 Å². The molecule has 0 aliphatic carbocycles. The van der Waals surface area contributed by atoms with Gasteiger partial charge in [0.25, 0.3) is 5.91 Å². The fraction of sp³-hybridized carbons (Fsp3) is 0.375. The Kier molecular flexibility index (Phi) is 4.82. The van der Waals surface area contributed by atoms with Crippen LogP contribution in [0.2, 0.25) is 0 Å². The maximum absolute atomic E-state index is 11.4. The van der Waals surface area contributed by atoms with Crippen molar-refractivity contribution in [2.75, 3.05) is 13.7 Å². The highest BCUT2D eigenvalue weighted by Crippen LogP contribution is 2.26. The van der Waals surface area contributed by atoms with Crippen LogP contribution in [0, 0.1) is 0 Å². The molecule has 2 aromatic rings. The summed E-state index contributed by atoms with van der Waals surface area (Å²) in [6, 6.07) is 7.65. The Morgan fingerprint density at radius 2 is 2.00 bits per heavy atom. The molecule has 2 rings (SSSR count). The molecule has 0 saturated heterocycles. The molecule has 0 spiro atoms. The Morgan fingerprint density at radius 1 is 1.32 bits per heavy atom. The average Bonchev–Trinajstić information content (AvgIpc) is 2.98. The molecule has 1 aromatic heterocycles. The van der Waals surface area contributed by atoms with Crippen molar-refractivity contribution in [1.82, 2.24) is 5.16 Å². The summed E-state index contributed by atoms with van der Waals surface area (Å²) in [7, 11) is 1.63. The molecule has 0 aliphatic rings. The van der Waals surface area contributed by atoms with Crippen molar-refractivity contribution >= 4 is 5.91 Å². The van der Waals surface area contributed by atoms with Crippen LogP contribution in [0.1, 0.15) is 35.5 Å². The van der Waals surface area contributed by atoms with Gasteiger partial charge in [-0.3, -0.25) is 4.79 Å². The van der Waals surface area contributed by atoms with Crippen LogP contribution in [0.5, 0.6) is 5.75 Å². The van der Waals surface area contributed by atoms with E-state index >= 15 is 0 Å². The number of amides is 1. The van der Waals surface area contributed by atoms with Gasteiger partial charge in [0.2, 0.25) is 0 Å². The number of methoxy groups -OCH3 is 1. The summed E-state index contributed by atoms with van der Waals surface area (Å²) in [6.07, 6.45) is 1.27. The van der Waals surface area contributed by atoms with E-state index in [-0.39, 0.29) is 5.56 Å². The summed E-state index contributed by atoms with van der Waals surface area (Å²) in [6.45, 7) is 4.68. The third-order valence-corrected chi connectivity index (χ3v) is 3.37. The fourth-order valence-electron chi connectivity index (χ4n) is 2.11. The number of ether oxygens (including phenoxy) is 2. The first-order valence-electron chi connectivity index (χ1n) is 6.89. The van der Waals surface area contributed by atoms with Crippen LogP contribution >= 0.6 is 0 Å². The lowest BCUT2D eigenvalue weighted by Gasteiger charge is -2.22. The molecule has 22 heavy (non-hydrogen) atoms. The Labute approximate surface area is 129 Å². The van der Waals surface area contributed by atoms with Crippen LogP contribution in [0.25, 0.3) is 0 Å². The number of hydrogen-bond acceptors (Lipinski definition) is 5. The third kappa shape index (κ3) is 3.65. The smallest absolute Gasteiger partial charge is 0.253 e. The summed E-state index contributed by atoms with van der Waals surface area (Å²) in [5.41, 5.74) is 6.66. The van der Waals surface area contributed by atoms with Gasteiger partial charge < -0.3 is 19.7 Å². The lowest BCUT2D eigenvalue weighted by molar-refractivity contribution is 0.0792. The second-order valence-corrected chi connectivity index (χ2v) is 5.67. The van der Waals surface area contributed by atoms with Gasteiger partial charge in [-0.25, -0.2) is 0 Å². The second-order valence-electron chi connectivity index (χ2n) is 5.67. The topological polar surface area (TPSA) is 87.6 Å². The number of benzene rings is 1. The van der Waals surface area contributed by atoms with Crippen molar-refractivity contribution in [3.63, 3.8) is 0 Å². The van der Waals surface area contributed by atoms with Crippen LogP contribution in [-0.2, 0) is 16.8 Å². The van der Waals surface area contributed by atoms with Gasteiger partial charge >= 0.3 is 0 Å². The molecule has 6 nitrogen and oxygen atoms in total. The zero-order valence-corrected chi connectivity index (χ0v) is 13.0. The number of carbonyl (C=O) groups excluding carboxylic acids is 1. The molecule has 118 valence electrons. The van der Waals surface area contributed by atoms with Crippen LogP contribution in [0.3, 0.4) is 0 Å². The maximum atomic E-state index is 11.4. The zero-order valence-electron chi connectivity index (χ0n) is 13.0. The Hall–Kier alpha value is -2.34. The highest BCUT2D eigenvalue weighted by atomic mass is 16.5. The lowest BCUT2D eigenvalue weighted by atomic mass is 9.88. The van der Waals surface area contributed by atoms with Gasteiger partial charge in [-0.1, -0.05) is 31.1 Å². The van der Waals surface area contributed by atoms with E-state index in [2.05, 4.69) is 5.16 Å². The SMILES string of the molecule is COc1ccc(COCC(C)(C)c2nocc2C(N)=O)cc1. The van der Waals surface area contributed by atoms with Crippen LogP contribution in [0.15, 0.2) is 35.1 Å². The first-order valence-corrected chi connectivity index (χ1v) is 6.89. The van der Waals surface area contributed by atoms with Crippen LogP contribution in [0.4, 0.5) is 0 Å². The van der Waals surface area contributed by atoms with E-state index in [0.717, 1.165) is 11.3 Å². The van der Waals surface area contributed by atoms with Gasteiger partial charge in [0.15, 0.2) is 0 Å². The number of nitrogens with two attached hydrogens (primary N) is 1. The highest BCUT2D eigenvalue weighted by molar-refractivity contribution is 5.93. The van der Waals surface area contributed by atoms with Crippen LogP contribution < -0.4 is 10.5 Å². The summed E-state index contributed by atoms with van der Waals surface area (Å²) in [5.74, 6) is 0.247. The summed E-state index contributed by atoms with van der Waals surface area (Å²) in [5, 5.41) is 3.89. The molecule has 1 aromatic carbocycles. The van der Waals surface area contributed by atoms with Gasteiger partial charge in [0.1, 0.15) is 23.3 Å². The zero-order chi connectivity index (χ0) is 16.2. The predicted octanol–water partition coefficient (Wildman–Crippen LogP) is 2.28. The van der Waals surface area contributed by atoms with Gasteiger partial charge in [0, 0.05) is 5.41 Å². The molecule has 2 N–H and O–H groups in total. The summed E-state index contributed by atoms with van der Waals surface area (Å²) in [4.78, 5) is 11.4. The Morgan fingerprint density at radius 3 is 2.59 bits per heavy atom. The van der Waals surface area contributed by atoms with E-state index in [9.17, 15) is 4.79 Å². The van der Waals surface area contributed by atoms with Crippen molar-refractivity contribution in [3.05, 3.63) is 47.3 Å². The largest absolute Gasteiger partial charge is 0.497 e. The quantitative estimate of drug-likeness (QED) is 0.848. The molecule has 0 fully saturated rings. The molecular weight excluding hydrogens is 284 g/mol. The minimum Gasteiger partial charge on any atom is -0.497 e. The molecule has 0 saturated carbocycles. The average molecular weight is 304 g/mol. The molecule has 0 radical (unpaired) electrons. The summed E-state index contributed by atoms with van der Waals surface area (Å²) < 4.78 is 15.7. The molecule has 0 unspecified atom stereocenters. The van der Waals surface area contributed by atoms with E-state index in [1.807, 2.05) is 38.1 Å². The standard InChI is InChI=1S/C16H20N2O4/c1-16(2,14-13(15(17)19)9-22-18-14)10-21-8-11-4-6-12(20-3)7-5-11/h4-7,9H,8,10H2,1-3H3,(H2,17,19). The van der Waals surface area contributed by atoms with Crippen LogP contribution in [-0.4, -0.2) is 24.8 Å². The van der Waals surface area contributed by atoms with E-state index in [0.29, 0.717) is 18.9 Å². The number of hydrogen-bond donors (Lipinski definition) is 1. The minimum atomic E-state index is -0.556. The minimum absolute atomic E-state index is 0.290. The van der Waals surface area contributed by atoms with E-state index in [1.54, 1.807) is 7.11 Å². The van der Waals surface area contributed by atoms with Crippen molar-refractivity contribution < 1.29 is 18.8 Å². The number of carbonyl (C=O) groups is 1. The van der Waals surface area contributed by atoms with Gasteiger partial charge in [-0.2, -0.15) is 0 Å². The van der Waals surface area contributed by atoms with Gasteiger partial charge in [-0.05, 0) is 17.7 Å². The molecule has 1 heterocycles. The highest BCUT2D eigenvalue weighted by Gasteiger charge is 2.29. The van der Waals surface area contributed by atoms with E-state index in [4.69, 9.17) is 19.7 Å². The number of primary amides is 1. The molecule has 6 heteroatoms. The van der Waals surface area contributed by atoms with E-state index in [1.165, 1.54) is 6.26 Å². The molecule has 0 aliphatic heterocycles. The van der Waals surface area contributed by atoms with Gasteiger partial charge in [-0.15, -0.1) is 0 Å². The molecule has 0 bridgehead atoms. The van der Waals surface area contributed by atoms with Crippen molar-refractivity contribution in [1.29, 1.82) is 0 Å². The lowest BCUT2D eigenvalue weighted by Crippen LogP contribution is -2.28.